The average Bonchev–Trinajstić information content (AvgIpc) is 3.15. The van der Waals surface area contributed by atoms with E-state index in [0.717, 1.165) is 22.8 Å². The van der Waals surface area contributed by atoms with E-state index in [2.05, 4.69) is 22.2 Å². The van der Waals surface area contributed by atoms with Gasteiger partial charge in [-0.2, -0.15) is 5.01 Å². The van der Waals surface area contributed by atoms with E-state index in [1.165, 1.54) is 12.1 Å². The number of benzene rings is 3. The van der Waals surface area contributed by atoms with Crippen LogP contribution in [-0.2, 0) is 4.79 Å². The number of amides is 1. The Labute approximate surface area is 240 Å². The van der Waals surface area contributed by atoms with Gasteiger partial charge in [-0.3, -0.25) is 10.5 Å². The predicted octanol–water partition coefficient (Wildman–Crippen LogP) is 6.90. The summed E-state index contributed by atoms with van der Waals surface area (Å²) in [6.45, 7) is 4.81. The van der Waals surface area contributed by atoms with Crippen molar-refractivity contribution in [2.45, 2.75) is 13.8 Å². The highest BCUT2D eigenvalue weighted by Crippen LogP contribution is 2.39. The summed E-state index contributed by atoms with van der Waals surface area (Å²) in [5.74, 6) is 0.0752. The first-order valence-electron chi connectivity index (χ1n) is 11.5. The molecule has 198 valence electrons. The lowest BCUT2D eigenvalue weighted by Crippen LogP contribution is -2.30. The topological polar surface area (TPSA) is 95.5 Å². The SMILES string of the molecule is CCN(C)c1ccc(/N=C2\C(=O)N(c3c(Cl)cc(Cl)cc3Cl)N=C2Nc2cc(OCN)ccc2Cl)c(C)c1. The van der Waals surface area contributed by atoms with Crippen molar-refractivity contribution in [2.24, 2.45) is 15.8 Å². The Hall–Kier alpha value is -3.01. The molecule has 12 heteroatoms. The smallest absolute Gasteiger partial charge is 0.301 e. The van der Waals surface area contributed by atoms with Crippen LogP contribution in [0.5, 0.6) is 5.75 Å². The third-order valence-corrected chi connectivity index (χ3v) is 6.91. The Morgan fingerprint density at radius 2 is 1.76 bits per heavy atom. The van der Waals surface area contributed by atoms with Gasteiger partial charge in [-0.1, -0.05) is 46.4 Å². The zero-order valence-corrected chi connectivity index (χ0v) is 23.8. The summed E-state index contributed by atoms with van der Waals surface area (Å²) in [5, 5.41) is 9.67. The van der Waals surface area contributed by atoms with Gasteiger partial charge >= 0.3 is 5.91 Å². The number of aryl methyl sites for hydroxylation is 1. The summed E-state index contributed by atoms with van der Waals surface area (Å²) < 4.78 is 5.38. The molecule has 0 saturated heterocycles. The van der Waals surface area contributed by atoms with Crippen LogP contribution in [0.4, 0.5) is 22.7 Å². The van der Waals surface area contributed by atoms with Gasteiger partial charge in [0.05, 0.1) is 26.4 Å². The van der Waals surface area contributed by atoms with Gasteiger partial charge in [0.25, 0.3) is 0 Å². The van der Waals surface area contributed by atoms with Crippen molar-refractivity contribution in [3.8, 4) is 5.75 Å². The van der Waals surface area contributed by atoms with Crippen LogP contribution in [0.3, 0.4) is 0 Å². The van der Waals surface area contributed by atoms with Gasteiger partial charge < -0.3 is 15.0 Å². The molecule has 8 nitrogen and oxygen atoms in total. The first-order valence-corrected chi connectivity index (χ1v) is 13.0. The van der Waals surface area contributed by atoms with E-state index in [9.17, 15) is 4.79 Å². The number of ether oxygens (including phenoxy) is 1. The Morgan fingerprint density at radius 3 is 2.39 bits per heavy atom. The Bertz CT molecular complexity index is 1440. The lowest BCUT2D eigenvalue weighted by Gasteiger charge is -2.18. The van der Waals surface area contributed by atoms with Crippen molar-refractivity contribution >= 4 is 86.6 Å². The molecular formula is C26H24Cl4N6O2. The molecule has 38 heavy (non-hydrogen) atoms. The monoisotopic (exact) mass is 592 g/mol. The minimum atomic E-state index is -0.543. The van der Waals surface area contributed by atoms with Gasteiger partial charge in [0.2, 0.25) is 0 Å². The molecule has 0 atom stereocenters. The standard InChI is InChI=1S/C26H24Cl4N6O2/c1-4-35(3)16-5-8-21(14(2)9-16)32-23-25(33-22-12-17(38-13-31)6-7-18(22)28)34-36(26(23)37)24-19(29)10-15(27)11-20(24)30/h5-12H,4,13,31H2,1-3H3,(H,33,34)/b32-23-. The quantitative estimate of drug-likeness (QED) is 0.290. The fraction of sp³-hybridized carbons (Fsp3) is 0.192. The molecular weight excluding hydrogens is 570 g/mol. The Balaban J connectivity index is 1.82. The number of hydrogen-bond donors (Lipinski definition) is 2. The molecule has 1 heterocycles. The zero-order valence-electron chi connectivity index (χ0n) is 20.7. The predicted molar refractivity (Wildman–Crippen MR) is 158 cm³/mol. The second kappa shape index (κ2) is 11.8. The summed E-state index contributed by atoms with van der Waals surface area (Å²) >= 11 is 25.3. The number of hydrazone groups is 1. The number of hydrogen-bond acceptors (Lipinski definition) is 7. The molecule has 0 saturated carbocycles. The van der Waals surface area contributed by atoms with E-state index in [1.54, 1.807) is 18.2 Å². The van der Waals surface area contributed by atoms with Gasteiger partial charge in [0, 0.05) is 30.4 Å². The van der Waals surface area contributed by atoms with Gasteiger partial charge in [0.1, 0.15) is 18.2 Å². The number of rotatable bonds is 7. The van der Waals surface area contributed by atoms with Crippen molar-refractivity contribution < 1.29 is 9.53 Å². The van der Waals surface area contributed by atoms with Crippen LogP contribution < -0.4 is 25.7 Å². The maximum atomic E-state index is 13.7. The van der Waals surface area contributed by atoms with Crippen molar-refractivity contribution in [3.63, 3.8) is 0 Å². The number of carbonyl (C=O) groups excluding carboxylic acids is 1. The maximum Gasteiger partial charge on any atom is 0.301 e. The first kappa shape index (κ1) is 28.0. The highest BCUT2D eigenvalue weighted by atomic mass is 35.5. The average molecular weight is 594 g/mol. The molecule has 1 aliphatic rings. The number of halogens is 4. The van der Waals surface area contributed by atoms with Crippen LogP contribution in [-0.4, -0.2) is 37.8 Å². The summed E-state index contributed by atoms with van der Waals surface area (Å²) in [7, 11) is 2.00. The van der Waals surface area contributed by atoms with Crippen LogP contribution >= 0.6 is 46.4 Å². The lowest BCUT2D eigenvalue weighted by molar-refractivity contribution is -0.112. The highest BCUT2D eigenvalue weighted by Gasteiger charge is 2.36. The minimum absolute atomic E-state index is 0.0168. The molecule has 0 fully saturated rings. The van der Waals surface area contributed by atoms with E-state index in [0.29, 0.717) is 27.2 Å². The number of carbonyl (C=O) groups is 1. The summed E-state index contributed by atoms with van der Waals surface area (Å²) in [4.78, 5) is 20.5. The Morgan fingerprint density at radius 1 is 1.05 bits per heavy atom. The van der Waals surface area contributed by atoms with Crippen molar-refractivity contribution in [1.29, 1.82) is 0 Å². The molecule has 0 radical (unpaired) electrons. The largest absolute Gasteiger partial charge is 0.479 e. The van der Waals surface area contributed by atoms with E-state index < -0.39 is 5.91 Å². The van der Waals surface area contributed by atoms with Gasteiger partial charge in [-0.25, -0.2) is 4.99 Å². The molecule has 0 spiro atoms. The number of nitrogens with two attached hydrogens (primary N) is 1. The zero-order chi connectivity index (χ0) is 27.6. The summed E-state index contributed by atoms with van der Waals surface area (Å²) in [6, 6.07) is 13.7. The fourth-order valence-electron chi connectivity index (χ4n) is 3.69. The number of nitrogens with one attached hydrogen (secondary N) is 1. The molecule has 1 amide bonds. The summed E-state index contributed by atoms with van der Waals surface area (Å²) in [5.41, 5.74) is 8.65. The molecule has 0 unspecified atom stereocenters. The third-order valence-electron chi connectivity index (χ3n) is 5.78. The molecule has 3 aromatic carbocycles. The number of amidine groups is 1. The molecule has 0 aromatic heterocycles. The van der Waals surface area contributed by atoms with Crippen LogP contribution in [0, 0.1) is 6.92 Å². The van der Waals surface area contributed by atoms with Crippen LogP contribution in [0.2, 0.25) is 20.1 Å². The van der Waals surface area contributed by atoms with E-state index in [1.807, 2.05) is 32.2 Å². The maximum absolute atomic E-state index is 13.7. The normalized spacial score (nSPS) is 14.2. The second-order valence-corrected chi connectivity index (χ2v) is 9.96. The van der Waals surface area contributed by atoms with Crippen LogP contribution in [0.1, 0.15) is 12.5 Å². The van der Waals surface area contributed by atoms with Crippen molar-refractivity contribution in [2.75, 3.05) is 35.5 Å². The number of anilines is 3. The summed E-state index contributed by atoms with van der Waals surface area (Å²) in [6.07, 6.45) is 0. The first-order chi connectivity index (χ1) is 18.1. The molecule has 4 rings (SSSR count). The third kappa shape index (κ3) is 5.85. The lowest BCUT2D eigenvalue weighted by atomic mass is 10.1. The number of aliphatic imine (C=N–C) groups is 1. The van der Waals surface area contributed by atoms with Gasteiger partial charge in [-0.05, 0) is 61.9 Å². The molecule has 3 N–H and O–H groups in total. The van der Waals surface area contributed by atoms with E-state index in [4.69, 9.17) is 61.9 Å². The fourth-order valence-corrected chi connectivity index (χ4v) is 4.83. The molecule has 0 aliphatic carbocycles. The molecule has 0 bridgehead atoms. The second-order valence-electron chi connectivity index (χ2n) is 8.31. The van der Waals surface area contributed by atoms with Crippen molar-refractivity contribution in [1.82, 2.24) is 0 Å². The Kier molecular flexibility index (Phi) is 8.70. The van der Waals surface area contributed by atoms with Crippen LogP contribution in [0.25, 0.3) is 0 Å². The number of nitrogens with zero attached hydrogens (tertiary/aromatic N) is 4. The minimum Gasteiger partial charge on any atom is -0.479 e. The van der Waals surface area contributed by atoms with Crippen LogP contribution in [0.15, 0.2) is 58.6 Å². The van der Waals surface area contributed by atoms with E-state index in [-0.39, 0.29) is 34.0 Å². The molecule has 1 aliphatic heterocycles. The van der Waals surface area contributed by atoms with E-state index >= 15 is 0 Å². The highest BCUT2D eigenvalue weighted by molar-refractivity contribution is 6.73. The van der Waals surface area contributed by atoms with Crippen molar-refractivity contribution in [3.05, 3.63) is 74.2 Å². The van der Waals surface area contributed by atoms with Gasteiger partial charge in [0.15, 0.2) is 11.5 Å². The van der Waals surface area contributed by atoms with Gasteiger partial charge in [-0.15, -0.1) is 5.10 Å². The molecule has 3 aromatic rings.